The van der Waals surface area contributed by atoms with Crippen molar-refractivity contribution in [1.29, 1.82) is 0 Å². The molecule has 0 aromatic rings. The Hall–Kier alpha value is 0.660. The second-order valence-corrected chi connectivity index (χ2v) is 5.30. The predicted molar refractivity (Wildman–Crippen MR) is 51.5 cm³/mol. The minimum atomic E-state index is 0.646. The third-order valence-corrected chi connectivity index (χ3v) is 4.34. The molecule has 0 aromatic heterocycles. The van der Waals surface area contributed by atoms with Crippen molar-refractivity contribution in [3.63, 3.8) is 0 Å². The Morgan fingerprint density at radius 3 is 2.60 bits per heavy atom. The van der Waals surface area contributed by atoms with Gasteiger partial charge >= 0.3 is 0 Å². The zero-order chi connectivity index (χ0) is 7.56. The Bertz CT molecular complexity index is 106. The summed E-state index contributed by atoms with van der Waals surface area (Å²) >= 11 is 3.94. The van der Waals surface area contributed by atoms with Gasteiger partial charge in [-0.3, -0.25) is 5.32 Å². The summed E-state index contributed by atoms with van der Waals surface area (Å²) in [6.07, 6.45) is 2.16. The minimum Gasteiger partial charge on any atom is -0.293 e. The van der Waals surface area contributed by atoms with Gasteiger partial charge in [-0.05, 0) is 12.2 Å². The fourth-order valence-corrected chi connectivity index (χ4v) is 3.21. The Morgan fingerprint density at radius 2 is 2.30 bits per heavy atom. The van der Waals surface area contributed by atoms with Crippen LogP contribution in [-0.4, -0.2) is 22.8 Å². The molecule has 0 amide bonds. The maximum absolute atomic E-state index is 3.57. The summed E-state index contributed by atoms with van der Waals surface area (Å²) in [7, 11) is 0. The van der Waals surface area contributed by atoms with E-state index in [2.05, 4.69) is 25.4 Å². The van der Waals surface area contributed by atoms with Gasteiger partial charge in [-0.25, -0.2) is 0 Å². The zero-order valence-corrected chi connectivity index (χ0v) is 8.39. The van der Waals surface area contributed by atoms with Gasteiger partial charge in [0, 0.05) is 11.8 Å². The van der Waals surface area contributed by atoms with Crippen molar-refractivity contribution < 1.29 is 0 Å². The first-order valence-electron chi connectivity index (χ1n) is 3.64. The molecule has 3 heteroatoms. The molecule has 60 valence electrons. The van der Waals surface area contributed by atoms with Crippen molar-refractivity contribution in [2.75, 3.05) is 12.0 Å². The van der Waals surface area contributed by atoms with E-state index in [0.717, 1.165) is 12.0 Å². The second-order valence-electron chi connectivity index (χ2n) is 2.92. The van der Waals surface area contributed by atoms with Crippen LogP contribution in [0.15, 0.2) is 0 Å². The molecule has 0 bridgehead atoms. The molecule has 1 heterocycles. The highest BCUT2D eigenvalue weighted by molar-refractivity contribution is 8.16. The fourth-order valence-electron chi connectivity index (χ4n) is 0.983. The molecular weight excluding hydrogens is 162 g/mol. The van der Waals surface area contributed by atoms with Crippen LogP contribution in [0.5, 0.6) is 0 Å². The highest BCUT2D eigenvalue weighted by Crippen LogP contribution is 2.28. The summed E-state index contributed by atoms with van der Waals surface area (Å²) < 4.78 is 0.646. The van der Waals surface area contributed by atoms with Crippen molar-refractivity contribution in [3.8, 4) is 0 Å². The molecule has 1 N–H and O–H groups in total. The van der Waals surface area contributed by atoms with Gasteiger partial charge in [-0.2, -0.15) is 0 Å². The smallest absolute Gasteiger partial charge is 0.100 e. The molecule has 1 nitrogen and oxygen atoms in total. The van der Waals surface area contributed by atoms with E-state index in [-0.39, 0.29) is 0 Å². The van der Waals surface area contributed by atoms with Crippen LogP contribution >= 0.6 is 23.5 Å². The van der Waals surface area contributed by atoms with Crippen LogP contribution in [0.1, 0.15) is 13.8 Å². The lowest BCUT2D eigenvalue weighted by atomic mass is 10.1. The molecule has 0 radical (unpaired) electrons. The summed E-state index contributed by atoms with van der Waals surface area (Å²) in [6.45, 7) is 4.56. The maximum atomic E-state index is 3.57. The lowest BCUT2D eigenvalue weighted by molar-refractivity contribution is 0.468. The van der Waals surface area contributed by atoms with Gasteiger partial charge < -0.3 is 0 Å². The first-order chi connectivity index (χ1) is 4.74. The average molecular weight is 177 g/mol. The molecule has 1 aliphatic rings. The second kappa shape index (κ2) is 3.88. The third kappa shape index (κ3) is 2.07. The Balaban J connectivity index is 2.28. The molecule has 0 spiro atoms. The maximum Gasteiger partial charge on any atom is 0.100 e. The first kappa shape index (κ1) is 8.75. The molecule has 2 atom stereocenters. The van der Waals surface area contributed by atoms with Crippen LogP contribution in [0.3, 0.4) is 0 Å². The van der Waals surface area contributed by atoms with E-state index in [0.29, 0.717) is 4.71 Å². The van der Waals surface area contributed by atoms with Crippen molar-refractivity contribution in [3.05, 3.63) is 0 Å². The van der Waals surface area contributed by atoms with Crippen molar-refractivity contribution >= 4 is 23.5 Å². The van der Waals surface area contributed by atoms with Gasteiger partial charge in [0.05, 0.1) is 0 Å². The highest BCUT2D eigenvalue weighted by atomic mass is 32.2. The molecule has 0 aromatic carbocycles. The molecule has 1 saturated heterocycles. The van der Waals surface area contributed by atoms with Crippen molar-refractivity contribution in [2.24, 2.45) is 5.92 Å². The van der Waals surface area contributed by atoms with E-state index in [1.165, 1.54) is 5.75 Å². The summed E-state index contributed by atoms with van der Waals surface area (Å²) in [6, 6.07) is 0.738. The van der Waals surface area contributed by atoms with E-state index < -0.39 is 0 Å². The van der Waals surface area contributed by atoms with Crippen molar-refractivity contribution in [2.45, 2.75) is 24.6 Å². The van der Waals surface area contributed by atoms with Gasteiger partial charge in [0.25, 0.3) is 0 Å². The van der Waals surface area contributed by atoms with E-state index in [9.17, 15) is 0 Å². The van der Waals surface area contributed by atoms with Gasteiger partial charge in [0.1, 0.15) is 4.71 Å². The number of hydrogen-bond acceptors (Lipinski definition) is 3. The lowest BCUT2D eigenvalue weighted by Gasteiger charge is -2.14. The van der Waals surface area contributed by atoms with E-state index in [1.54, 1.807) is 0 Å². The molecular formula is C7H15NS2. The monoisotopic (exact) mass is 177 g/mol. The SMILES string of the molecule is CSC1NC(C(C)C)CS1. The van der Waals surface area contributed by atoms with Crippen LogP contribution in [0.4, 0.5) is 0 Å². The van der Waals surface area contributed by atoms with Gasteiger partial charge in [0.2, 0.25) is 0 Å². The number of rotatable bonds is 2. The third-order valence-electron chi connectivity index (χ3n) is 1.80. The van der Waals surface area contributed by atoms with E-state index in [1.807, 2.05) is 23.5 Å². The first-order valence-corrected chi connectivity index (χ1v) is 5.98. The molecule has 0 aliphatic carbocycles. The normalized spacial score (nSPS) is 33.6. The lowest BCUT2D eigenvalue weighted by Crippen LogP contribution is -2.32. The molecule has 0 saturated carbocycles. The highest BCUT2D eigenvalue weighted by Gasteiger charge is 2.25. The standard InChI is InChI=1S/C7H15NS2/c1-5(2)6-4-10-7(8-6)9-3/h5-8H,4H2,1-3H3. The summed E-state index contributed by atoms with van der Waals surface area (Å²) in [5.41, 5.74) is 0. The van der Waals surface area contributed by atoms with Gasteiger partial charge in [-0.1, -0.05) is 13.8 Å². The van der Waals surface area contributed by atoms with Crippen molar-refractivity contribution in [1.82, 2.24) is 5.32 Å². The minimum absolute atomic E-state index is 0.646. The molecule has 2 unspecified atom stereocenters. The number of nitrogens with one attached hydrogen (secondary N) is 1. The van der Waals surface area contributed by atoms with Gasteiger partial charge in [-0.15, -0.1) is 23.5 Å². The largest absolute Gasteiger partial charge is 0.293 e. The van der Waals surface area contributed by atoms with Crippen LogP contribution in [-0.2, 0) is 0 Å². The van der Waals surface area contributed by atoms with Crippen LogP contribution in [0.2, 0.25) is 0 Å². The average Bonchev–Trinajstić information content (AvgIpc) is 2.34. The number of hydrogen-bond donors (Lipinski definition) is 1. The quantitative estimate of drug-likeness (QED) is 0.693. The Labute approximate surface area is 71.7 Å². The summed E-state index contributed by atoms with van der Waals surface area (Å²) in [4.78, 5) is 0. The van der Waals surface area contributed by atoms with Gasteiger partial charge in [0.15, 0.2) is 0 Å². The van der Waals surface area contributed by atoms with Crippen LogP contribution in [0.25, 0.3) is 0 Å². The zero-order valence-electron chi connectivity index (χ0n) is 6.76. The topological polar surface area (TPSA) is 12.0 Å². The fraction of sp³-hybridized carbons (Fsp3) is 1.00. The molecule has 10 heavy (non-hydrogen) atoms. The van der Waals surface area contributed by atoms with Crippen LogP contribution in [0, 0.1) is 5.92 Å². The summed E-state index contributed by atoms with van der Waals surface area (Å²) in [5.74, 6) is 2.06. The van der Waals surface area contributed by atoms with E-state index >= 15 is 0 Å². The van der Waals surface area contributed by atoms with E-state index in [4.69, 9.17) is 0 Å². The predicted octanol–water partition coefficient (Wildman–Crippen LogP) is 1.99. The Morgan fingerprint density at radius 1 is 1.60 bits per heavy atom. The Kier molecular flexibility index (Phi) is 3.40. The molecule has 1 aliphatic heterocycles. The molecule has 1 fully saturated rings. The summed E-state index contributed by atoms with van der Waals surface area (Å²) in [5, 5.41) is 3.57. The molecule has 1 rings (SSSR count). The number of thioether (sulfide) groups is 2. The van der Waals surface area contributed by atoms with Crippen LogP contribution < -0.4 is 5.32 Å².